The van der Waals surface area contributed by atoms with E-state index in [0.717, 1.165) is 12.5 Å². The molecular formula is C14H28N4. The van der Waals surface area contributed by atoms with E-state index in [2.05, 4.69) is 41.0 Å². The molecule has 0 aromatic rings. The van der Waals surface area contributed by atoms with Gasteiger partial charge >= 0.3 is 0 Å². The molecule has 1 aliphatic heterocycles. The number of hydrogen-bond acceptors (Lipinski definition) is 2. The van der Waals surface area contributed by atoms with Crippen molar-refractivity contribution in [3.8, 4) is 0 Å². The molecule has 4 nitrogen and oxygen atoms in total. The third-order valence-electron chi connectivity index (χ3n) is 3.19. The van der Waals surface area contributed by atoms with Crippen LogP contribution in [-0.2, 0) is 0 Å². The molecule has 0 atom stereocenters. The fourth-order valence-electron chi connectivity index (χ4n) is 2.29. The molecule has 18 heavy (non-hydrogen) atoms. The zero-order chi connectivity index (χ0) is 13.2. The molecule has 1 rings (SSSR count). The monoisotopic (exact) mass is 252 g/mol. The Morgan fingerprint density at radius 2 is 2.11 bits per heavy atom. The van der Waals surface area contributed by atoms with Crippen molar-refractivity contribution in [2.75, 3.05) is 32.7 Å². The average Bonchev–Trinajstić information content (AvgIpc) is 2.39. The van der Waals surface area contributed by atoms with E-state index in [9.17, 15) is 0 Å². The van der Waals surface area contributed by atoms with E-state index in [1.54, 1.807) is 0 Å². The number of piperidine rings is 1. The van der Waals surface area contributed by atoms with E-state index in [0.29, 0.717) is 12.6 Å². The molecule has 104 valence electrons. The van der Waals surface area contributed by atoms with E-state index in [1.807, 2.05) is 6.08 Å². The van der Waals surface area contributed by atoms with Gasteiger partial charge in [0.1, 0.15) is 0 Å². The van der Waals surface area contributed by atoms with Crippen molar-refractivity contribution in [2.45, 2.75) is 39.2 Å². The van der Waals surface area contributed by atoms with E-state index >= 15 is 0 Å². The Balaban J connectivity index is 2.34. The van der Waals surface area contributed by atoms with Gasteiger partial charge in [0, 0.05) is 25.7 Å². The summed E-state index contributed by atoms with van der Waals surface area (Å²) in [5.74, 6) is 0.923. The molecule has 0 radical (unpaired) electrons. The first-order valence-electron chi connectivity index (χ1n) is 7.18. The highest BCUT2D eigenvalue weighted by atomic mass is 15.2. The molecule has 0 unspecified atom stereocenters. The van der Waals surface area contributed by atoms with Crippen LogP contribution in [0.1, 0.15) is 33.1 Å². The Morgan fingerprint density at radius 3 is 2.67 bits per heavy atom. The van der Waals surface area contributed by atoms with Crippen molar-refractivity contribution in [1.82, 2.24) is 15.5 Å². The first-order chi connectivity index (χ1) is 8.80. The van der Waals surface area contributed by atoms with Gasteiger partial charge in [0.25, 0.3) is 0 Å². The van der Waals surface area contributed by atoms with Crippen molar-refractivity contribution in [3.05, 3.63) is 12.7 Å². The minimum Gasteiger partial charge on any atom is -0.357 e. The molecule has 0 spiro atoms. The van der Waals surface area contributed by atoms with Crippen LogP contribution in [0.2, 0.25) is 0 Å². The van der Waals surface area contributed by atoms with Gasteiger partial charge in [-0.2, -0.15) is 0 Å². The predicted molar refractivity (Wildman–Crippen MR) is 79.1 cm³/mol. The Bertz CT molecular complexity index is 255. The van der Waals surface area contributed by atoms with Crippen molar-refractivity contribution >= 4 is 5.96 Å². The third-order valence-corrected chi connectivity index (χ3v) is 3.19. The maximum Gasteiger partial charge on any atom is 0.191 e. The van der Waals surface area contributed by atoms with E-state index in [1.165, 1.54) is 38.9 Å². The van der Waals surface area contributed by atoms with Crippen LogP contribution < -0.4 is 10.6 Å². The molecular weight excluding hydrogens is 224 g/mol. The second kappa shape index (κ2) is 8.97. The van der Waals surface area contributed by atoms with Gasteiger partial charge in [-0.05, 0) is 32.7 Å². The van der Waals surface area contributed by atoms with E-state index in [-0.39, 0.29) is 0 Å². The second-order valence-electron chi connectivity index (χ2n) is 4.77. The molecule has 0 amide bonds. The van der Waals surface area contributed by atoms with Gasteiger partial charge in [-0.3, -0.25) is 0 Å². The van der Waals surface area contributed by atoms with E-state index < -0.39 is 0 Å². The van der Waals surface area contributed by atoms with Crippen molar-refractivity contribution < 1.29 is 0 Å². The van der Waals surface area contributed by atoms with Crippen LogP contribution in [-0.4, -0.2) is 49.6 Å². The number of nitrogens with zero attached hydrogens (tertiary/aromatic N) is 2. The lowest BCUT2D eigenvalue weighted by Crippen LogP contribution is -2.48. The van der Waals surface area contributed by atoms with Crippen LogP contribution >= 0.6 is 0 Å². The molecule has 0 saturated carbocycles. The molecule has 0 bridgehead atoms. The summed E-state index contributed by atoms with van der Waals surface area (Å²) in [7, 11) is 0. The lowest BCUT2D eigenvalue weighted by atomic mass is 10.1. The average molecular weight is 252 g/mol. The number of rotatable bonds is 6. The highest BCUT2D eigenvalue weighted by Crippen LogP contribution is 2.10. The highest BCUT2D eigenvalue weighted by molar-refractivity contribution is 5.80. The minimum atomic E-state index is 0.556. The zero-order valence-electron chi connectivity index (χ0n) is 11.9. The maximum atomic E-state index is 4.44. The van der Waals surface area contributed by atoms with Gasteiger partial charge in [0.2, 0.25) is 0 Å². The fourth-order valence-corrected chi connectivity index (χ4v) is 2.29. The van der Waals surface area contributed by atoms with Crippen LogP contribution in [0, 0.1) is 0 Å². The standard InChI is InChI=1S/C14H28N4/c1-4-9-16-14(15-6-3)17-13-7-11-18(10-5-2)12-8-13/h4,13H,1,5-12H2,2-3H3,(H2,15,16,17). The molecule has 1 aliphatic rings. The SMILES string of the molecule is C=CCN=C(NCC)NC1CCN(CCC)CC1. The van der Waals surface area contributed by atoms with Crippen molar-refractivity contribution in [3.63, 3.8) is 0 Å². The number of nitrogens with one attached hydrogen (secondary N) is 2. The summed E-state index contributed by atoms with van der Waals surface area (Å²) >= 11 is 0. The van der Waals surface area contributed by atoms with Gasteiger partial charge in [-0.15, -0.1) is 6.58 Å². The highest BCUT2D eigenvalue weighted by Gasteiger charge is 2.18. The quantitative estimate of drug-likeness (QED) is 0.428. The van der Waals surface area contributed by atoms with Crippen molar-refractivity contribution in [2.24, 2.45) is 4.99 Å². The predicted octanol–water partition coefficient (Wildman–Crippen LogP) is 1.60. The van der Waals surface area contributed by atoms with Crippen molar-refractivity contribution in [1.29, 1.82) is 0 Å². The largest absolute Gasteiger partial charge is 0.357 e. The number of hydrogen-bond donors (Lipinski definition) is 2. The molecule has 1 saturated heterocycles. The summed E-state index contributed by atoms with van der Waals surface area (Å²) in [5, 5.41) is 6.80. The summed E-state index contributed by atoms with van der Waals surface area (Å²) < 4.78 is 0. The topological polar surface area (TPSA) is 39.7 Å². The minimum absolute atomic E-state index is 0.556. The van der Waals surface area contributed by atoms with Crippen LogP contribution in [0.25, 0.3) is 0 Å². The maximum absolute atomic E-state index is 4.44. The number of aliphatic imine (C=N–C) groups is 1. The Hall–Kier alpha value is -1.03. The Labute approximate surface area is 112 Å². The van der Waals surface area contributed by atoms with Gasteiger partial charge in [-0.1, -0.05) is 13.0 Å². The summed E-state index contributed by atoms with van der Waals surface area (Å²) in [6.45, 7) is 13.2. The van der Waals surface area contributed by atoms with Crippen LogP contribution in [0.5, 0.6) is 0 Å². The molecule has 0 aromatic carbocycles. The Morgan fingerprint density at radius 1 is 1.39 bits per heavy atom. The lowest BCUT2D eigenvalue weighted by molar-refractivity contribution is 0.206. The number of guanidine groups is 1. The van der Waals surface area contributed by atoms with Crippen LogP contribution in [0.4, 0.5) is 0 Å². The normalized spacial score (nSPS) is 18.7. The molecule has 1 heterocycles. The van der Waals surface area contributed by atoms with Crippen LogP contribution in [0.15, 0.2) is 17.6 Å². The first-order valence-corrected chi connectivity index (χ1v) is 7.18. The summed E-state index contributed by atoms with van der Waals surface area (Å²) in [6, 6.07) is 0.556. The Kier molecular flexibility index (Phi) is 7.49. The van der Waals surface area contributed by atoms with Gasteiger partial charge < -0.3 is 15.5 Å². The van der Waals surface area contributed by atoms with Gasteiger partial charge in [0.05, 0.1) is 6.54 Å². The summed E-state index contributed by atoms with van der Waals surface area (Å²) in [4.78, 5) is 6.99. The summed E-state index contributed by atoms with van der Waals surface area (Å²) in [6.07, 6.45) is 5.49. The zero-order valence-corrected chi connectivity index (χ0v) is 11.9. The second-order valence-corrected chi connectivity index (χ2v) is 4.77. The molecule has 1 fully saturated rings. The molecule has 0 aromatic heterocycles. The molecule has 2 N–H and O–H groups in total. The third kappa shape index (κ3) is 5.54. The van der Waals surface area contributed by atoms with E-state index in [4.69, 9.17) is 0 Å². The van der Waals surface area contributed by atoms with Gasteiger partial charge in [0.15, 0.2) is 5.96 Å². The molecule has 4 heteroatoms. The lowest BCUT2D eigenvalue weighted by Gasteiger charge is -2.32. The smallest absolute Gasteiger partial charge is 0.191 e. The van der Waals surface area contributed by atoms with Crippen LogP contribution in [0.3, 0.4) is 0 Å². The first kappa shape index (κ1) is 15.0. The van der Waals surface area contributed by atoms with Gasteiger partial charge in [-0.25, -0.2) is 4.99 Å². The molecule has 0 aliphatic carbocycles. The summed E-state index contributed by atoms with van der Waals surface area (Å²) in [5.41, 5.74) is 0. The number of likely N-dealkylation sites (tertiary alicyclic amines) is 1. The fraction of sp³-hybridized carbons (Fsp3) is 0.786.